The molecule has 0 aliphatic heterocycles. The third-order valence-corrected chi connectivity index (χ3v) is 2.67. The van der Waals surface area contributed by atoms with Crippen molar-refractivity contribution in [2.45, 2.75) is 12.8 Å². The molecule has 1 heterocycles. The predicted molar refractivity (Wildman–Crippen MR) is 61.4 cm³/mol. The highest BCUT2D eigenvalue weighted by Gasteiger charge is 2.12. The van der Waals surface area contributed by atoms with Crippen molar-refractivity contribution in [3.63, 3.8) is 0 Å². The summed E-state index contributed by atoms with van der Waals surface area (Å²) >= 11 is 0. The lowest BCUT2D eigenvalue weighted by Crippen LogP contribution is -2.01. The molecule has 0 radical (unpaired) electrons. The number of hydrogen-bond acceptors (Lipinski definition) is 3. The molecule has 3 heteroatoms. The lowest BCUT2D eigenvalue weighted by atomic mass is 9.92. The standard InChI is InChI=1S/C13H12N2O/c1-10(12-6-14-9-15-7-12)13-5-3-2-4-11(13)8-16/h2-10H,1H3/t10-/m1/s1. The summed E-state index contributed by atoms with van der Waals surface area (Å²) in [4.78, 5) is 18.9. The number of carbonyl (C=O) groups excluding carboxylic acids is 1. The molecule has 0 bridgehead atoms. The fourth-order valence-electron chi connectivity index (χ4n) is 1.73. The van der Waals surface area contributed by atoms with Gasteiger partial charge < -0.3 is 0 Å². The first-order chi connectivity index (χ1) is 7.83. The minimum Gasteiger partial charge on any atom is -0.298 e. The SMILES string of the molecule is C[C@H](c1cncnc1)c1ccccc1C=O. The first-order valence-electron chi connectivity index (χ1n) is 5.12. The van der Waals surface area contributed by atoms with E-state index < -0.39 is 0 Å². The van der Waals surface area contributed by atoms with Crippen LogP contribution in [0, 0.1) is 0 Å². The highest BCUT2D eigenvalue weighted by molar-refractivity contribution is 5.77. The van der Waals surface area contributed by atoms with Crippen LogP contribution in [0.5, 0.6) is 0 Å². The van der Waals surface area contributed by atoms with Gasteiger partial charge in [0.1, 0.15) is 12.6 Å². The molecule has 0 saturated heterocycles. The van der Waals surface area contributed by atoms with Crippen molar-refractivity contribution in [2.75, 3.05) is 0 Å². The molecule has 16 heavy (non-hydrogen) atoms. The van der Waals surface area contributed by atoms with Crippen LogP contribution >= 0.6 is 0 Å². The van der Waals surface area contributed by atoms with E-state index in [-0.39, 0.29) is 5.92 Å². The van der Waals surface area contributed by atoms with E-state index in [0.717, 1.165) is 23.0 Å². The third-order valence-electron chi connectivity index (χ3n) is 2.67. The fraction of sp³-hybridized carbons (Fsp3) is 0.154. The summed E-state index contributed by atoms with van der Waals surface area (Å²) < 4.78 is 0. The van der Waals surface area contributed by atoms with E-state index in [1.165, 1.54) is 6.33 Å². The number of nitrogens with zero attached hydrogens (tertiary/aromatic N) is 2. The summed E-state index contributed by atoms with van der Waals surface area (Å²) in [6.07, 6.45) is 5.94. The number of aromatic nitrogens is 2. The molecule has 0 fully saturated rings. The van der Waals surface area contributed by atoms with Crippen molar-refractivity contribution in [2.24, 2.45) is 0 Å². The van der Waals surface area contributed by atoms with E-state index in [9.17, 15) is 4.79 Å². The Morgan fingerprint density at radius 2 is 1.88 bits per heavy atom. The molecule has 0 spiro atoms. The molecule has 2 aromatic rings. The summed E-state index contributed by atoms with van der Waals surface area (Å²) in [6.45, 7) is 2.04. The summed E-state index contributed by atoms with van der Waals surface area (Å²) in [5.41, 5.74) is 2.74. The van der Waals surface area contributed by atoms with Gasteiger partial charge in [-0.15, -0.1) is 0 Å². The first-order valence-corrected chi connectivity index (χ1v) is 5.12. The van der Waals surface area contributed by atoms with Crippen LogP contribution in [0.1, 0.15) is 34.3 Å². The highest BCUT2D eigenvalue weighted by atomic mass is 16.1. The predicted octanol–water partition coefficient (Wildman–Crippen LogP) is 2.44. The monoisotopic (exact) mass is 212 g/mol. The van der Waals surface area contributed by atoms with E-state index in [1.807, 2.05) is 31.2 Å². The smallest absolute Gasteiger partial charge is 0.150 e. The van der Waals surface area contributed by atoms with Crippen LogP contribution in [0.3, 0.4) is 0 Å². The highest BCUT2D eigenvalue weighted by Crippen LogP contribution is 2.24. The minimum atomic E-state index is 0.127. The molecule has 1 aromatic heterocycles. The zero-order valence-corrected chi connectivity index (χ0v) is 9.00. The zero-order chi connectivity index (χ0) is 11.4. The Bertz CT molecular complexity index is 482. The van der Waals surface area contributed by atoms with Crippen molar-refractivity contribution >= 4 is 6.29 Å². The van der Waals surface area contributed by atoms with Crippen LogP contribution in [0.4, 0.5) is 0 Å². The number of aldehydes is 1. The fourth-order valence-corrected chi connectivity index (χ4v) is 1.73. The maximum absolute atomic E-state index is 10.9. The van der Waals surface area contributed by atoms with Crippen LogP contribution in [-0.4, -0.2) is 16.3 Å². The quantitative estimate of drug-likeness (QED) is 0.734. The molecule has 0 N–H and O–H groups in total. The number of carbonyl (C=O) groups is 1. The first kappa shape index (κ1) is 10.5. The van der Waals surface area contributed by atoms with Gasteiger partial charge in [0, 0.05) is 23.9 Å². The Labute approximate surface area is 94.2 Å². The molecule has 0 amide bonds. The molecular formula is C13H12N2O. The van der Waals surface area contributed by atoms with Crippen LogP contribution in [-0.2, 0) is 0 Å². The topological polar surface area (TPSA) is 42.9 Å². The second-order valence-corrected chi connectivity index (χ2v) is 3.64. The average Bonchev–Trinajstić information content (AvgIpc) is 2.39. The van der Waals surface area contributed by atoms with E-state index >= 15 is 0 Å². The van der Waals surface area contributed by atoms with Gasteiger partial charge in [-0.3, -0.25) is 4.79 Å². The minimum absolute atomic E-state index is 0.127. The van der Waals surface area contributed by atoms with Gasteiger partial charge in [-0.25, -0.2) is 9.97 Å². The maximum Gasteiger partial charge on any atom is 0.150 e. The van der Waals surface area contributed by atoms with Gasteiger partial charge in [0.2, 0.25) is 0 Å². The van der Waals surface area contributed by atoms with E-state index in [0.29, 0.717) is 0 Å². The molecule has 0 saturated carbocycles. The zero-order valence-electron chi connectivity index (χ0n) is 9.00. The van der Waals surface area contributed by atoms with Crippen LogP contribution in [0.15, 0.2) is 43.0 Å². The molecule has 0 unspecified atom stereocenters. The number of rotatable bonds is 3. The van der Waals surface area contributed by atoms with Crippen LogP contribution < -0.4 is 0 Å². The lowest BCUT2D eigenvalue weighted by molar-refractivity contribution is 0.112. The van der Waals surface area contributed by atoms with Crippen molar-refractivity contribution in [1.82, 2.24) is 9.97 Å². The lowest BCUT2D eigenvalue weighted by Gasteiger charge is -2.13. The van der Waals surface area contributed by atoms with Gasteiger partial charge in [0.05, 0.1) is 0 Å². The average molecular weight is 212 g/mol. The number of benzene rings is 1. The Morgan fingerprint density at radius 1 is 1.19 bits per heavy atom. The van der Waals surface area contributed by atoms with Crippen molar-refractivity contribution in [1.29, 1.82) is 0 Å². The van der Waals surface area contributed by atoms with Gasteiger partial charge in [0.25, 0.3) is 0 Å². The maximum atomic E-state index is 10.9. The third kappa shape index (κ3) is 1.98. The molecule has 0 aliphatic carbocycles. The van der Waals surface area contributed by atoms with Crippen LogP contribution in [0.2, 0.25) is 0 Å². The molecular weight excluding hydrogens is 200 g/mol. The number of hydrogen-bond donors (Lipinski definition) is 0. The van der Waals surface area contributed by atoms with E-state index in [4.69, 9.17) is 0 Å². The Hall–Kier alpha value is -2.03. The second-order valence-electron chi connectivity index (χ2n) is 3.64. The summed E-state index contributed by atoms with van der Waals surface area (Å²) in [7, 11) is 0. The summed E-state index contributed by atoms with van der Waals surface area (Å²) in [5, 5.41) is 0. The molecule has 1 aromatic carbocycles. The Morgan fingerprint density at radius 3 is 2.56 bits per heavy atom. The van der Waals surface area contributed by atoms with Crippen LogP contribution in [0.25, 0.3) is 0 Å². The normalized spacial score (nSPS) is 12.1. The van der Waals surface area contributed by atoms with Gasteiger partial charge in [-0.05, 0) is 11.1 Å². The van der Waals surface area contributed by atoms with Gasteiger partial charge in [-0.2, -0.15) is 0 Å². The van der Waals surface area contributed by atoms with Crippen molar-refractivity contribution in [3.05, 3.63) is 59.7 Å². The molecule has 1 atom stereocenters. The van der Waals surface area contributed by atoms with Gasteiger partial charge in [0.15, 0.2) is 0 Å². The Balaban J connectivity index is 2.41. The molecule has 3 nitrogen and oxygen atoms in total. The summed E-state index contributed by atoms with van der Waals surface area (Å²) in [5.74, 6) is 0.127. The largest absolute Gasteiger partial charge is 0.298 e. The van der Waals surface area contributed by atoms with Crippen molar-refractivity contribution in [3.8, 4) is 0 Å². The summed E-state index contributed by atoms with van der Waals surface area (Å²) in [6, 6.07) is 7.58. The van der Waals surface area contributed by atoms with Crippen molar-refractivity contribution < 1.29 is 4.79 Å². The second kappa shape index (κ2) is 4.66. The molecule has 80 valence electrons. The molecule has 2 rings (SSSR count). The van der Waals surface area contributed by atoms with E-state index in [1.54, 1.807) is 12.4 Å². The van der Waals surface area contributed by atoms with Gasteiger partial charge in [-0.1, -0.05) is 31.2 Å². The Kier molecular flexibility index (Phi) is 3.05. The van der Waals surface area contributed by atoms with Gasteiger partial charge >= 0.3 is 0 Å². The van der Waals surface area contributed by atoms with E-state index in [2.05, 4.69) is 9.97 Å². The molecule has 0 aliphatic rings.